The number of hydrogen-bond acceptors (Lipinski definition) is 3. The molecule has 92 valence electrons. The highest BCUT2D eigenvalue weighted by Gasteiger charge is 2.03. The minimum Gasteiger partial charge on any atom is -0.497 e. The normalized spacial score (nSPS) is 10.9. The van der Waals surface area contributed by atoms with Crippen LogP contribution in [0.5, 0.6) is 11.5 Å². The van der Waals surface area contributed by atoms with E-state index in [1.807, 2.05) is 12.1 Å². The molecule has 18 heavy (non-hydrogen) atoms. The molecule has 1 aliphatic rings. The fraction of sp³-hybridized carbons (Fsp3) is 0.133. The third-order valence-electron chi connectivity index (χ3n) is 2.56. The maximum Gasteiger partial charge on any atom is 0.150 e. The number of carbonyl (C=O) groups excluding carboxylic acids is 1. The molecular weight excluding hydrogens is 228 g/mol. The maximum absolute atomic E-state index is 10.2. The molecule has 0 saturated heterocycles. The predicted octanol–water partition coefficient (Wildman–Crippen LogP) is 3.09. The van der Waals surface area contributed by atoms with Crippen molar-refractivity contribution in [2.45, 2.75) is 6.61 Å². The Morgan fingerprint density at radius 2 is 1.94 bits per heavy atom. The summed E-state index contributed by atoms with van der Waals surface area (Å²) < 4.78 is 10.1. The van der Waals surface area contributed by atoms with Gasteiger partial charge >= 0.3 is 0 Å². The van der Waals surface area contributed by atoms with Crippen molar-refractivity contribution in [1.29, 1.82) is 0 Å². The smallest absolute Gasteiger partial charge is 0.150 e. The molecule has 3 rings (SSSR count). The molecule has 0 amide bonds. The molecule has 0 aromatic heterocycles. The second-order valence-electron chi connectivity index (χ2n) is 3.83. The Bertz CT molecular complexity index is 498. The lowest BCUT2D eigenvalue weighted by molar-refractivity contribution is 0.112. The monoisotopic (exact) mass is 242 g/mol. The number of fused-ring (bicyclic) bond motifs is 2. The van der Waals surface area contributed by atoms with Crippen molar-refractivity contribution in [3.8, 4) is 11.5 Å². The fourth-order valence-corrected chi connectivity index (χ4v) is 1.57. The number of aldehydes is 1. The summed E-state index contributed by atoms with van der Waals surface area (Å²) in [5, 5.41) is 0. The highest BCUT2D eigenvalue weighted by Crippen LogP contribution is 2.20. The Labute approximate surface area is 106 Å². The van der Waals surface area contributed by atoms with Crippen LogP contribution in [0.2, 0.25) is 0 Å². The second-order valence-corrected chi connectivity index (χ2v) is 3.83. The molecule has 2 bridgehead atoms. The molecule has 2 aromatic carbocycles. The van der Waals surface area contributed by atoms with Gasteiger partial charge in [-0.15, -0.1) is 0 Å². The van der Waals surface area contributed by atoms with E-state index in [1.165, 1.54) is 5.56 Å². The van der Waals surface area contributed by atoms with Crippen LogP contribution in [-0.2, 0) is 6.61 Å². The second kappa shape index (κ2) is 5.87. The lowest BCUT2D eigenvalue weighted by Crippen LogP contribution is -1.82. The maximum atomic E-state index is 10.2. The van der Waals surface area contributed by atoms with Crippen LogP contribution < -0.4 is 9.47 Å². The molecule has 0 aliphatic carbocycles. The quantitative estimate of drug-likeness (QED) is 0.759. The van der Waals surface area contributed by atoms with Gasteiger partial charge in [-0.2, -0.15) is 0 Å². The minimum atomic E-state index is 0.667. The van der Waals surface area contributed by atoms with Gasteiger partial charge in [0.15, 0.2) is 0 Å². The Balaban J connectivity index is 0.000000136. The molecule has 3 nitrogen and oxygen atoms in total. The first-order valence-corrected chi connectivity index (χ1v) is 5.63. The number of ether oxygens (including phenoxy) is 2. The Kier molecular flexibility index (Phi) is 3.97. The standard InChI is InChI=1S/C8H8O2.C7H6O/c1-10-8-4-2-7(6-9)3-5-8;1-2-6-4-7(3-1)8-5-6/h2-6H,1H3;1-4H,5H2. The zero-order chi connectivity index (χ0) is 12.8. The predicted molar refractivity (Wildman–Crippen MR) is 69.2 cm³/mol. The van der Waals surface area contributed by atoms with E-state index in [9.17, 15) is 4.79 Å². The summed E-state index contributed by atoms with van der Waals surface area (Å²) in [6.07, 6.45) is 0.805. The molecule has 2 aromatic rings. The van der Waals surface area contributed by atoms with Crippen LogP contribution in [0, 0.1) is 0 Å². The van der Waals surface area contributed by atoms with Crippen molar-refractivity contribution >= 4 is 6.29 Å². The van der Waals surface area contributed by atoms with Crippen molar-refractivity contribution in [1.82, 2.24) is 0 Å². The fourth-order valence-electron chi connectivity index (χ4n) is 1.57. The van der Waals surface area contributed by atoms with Gasteiger partial charge in [0, 0.05) is 5.56 Å². The zero-order valence-electron chi connectivity index (χ0n) is 10.1. The van der Waals surface area contributed by atoms with Crippen LogP contribution >= 0.6 is 0 Å². The van der Waals surface area contributed by atoms with Crippen molar-refractivity contribution in [3.63, 3.8) is 0 Å². The Morgan fingerprint density at radius 1 is 1.17 bits per heavy atom. The number of hydrogen-bond donors (Lipinski definition) is 0. The van der Waals surface area contributed by atoms with E-state index in [0.29, 0.717) is 5.56 Å². The summed E-state index contributed by atoms with van der Waals surface area (Å²) in [6.45, 7) is 0.766. The number of benzene rings is 2. The van der Waals surface area contributed by atoms with Crippen molar-refractivity contribution in [2.24, 2.45) is 0 Å². The first-order chi connectivity index (χ1) is 8.81. The number of rotatable bonds is 2. The average Bonchev–Trinajstić information content (AvgIpc) is 2.78. The average molecular weight is 242 g/mol. The third kappa shape index (κ3) is 3.10. The largest absolute Gasteiger partial charge is 0.497 e. The molecule has 0 N–H and O–H groups in total. The van der Waals surface area contributed by atoms with Crippen molar-refractivity contribution < 1.29 is 14.3 Å². The topological polar surface area (TPSA) is 35.5 Å². The van der Waals surface area contributed by atoms with Crippen LogP contribution in [0.15, 0.2) is 48.5 Å². The molecule has 0 atom stereocenters. The summed E-state index contributed by atoms with van der Waals surface area (Å²) in [5.41, 5.74) is 1.95. The highest BCUT2D eigenvalue weighted by atomic mass is 16.5. The van der Waals surface area contributed by atoms with Crippen molar-refractivity contribution in [2.75, 3.05) is 7.11 Å². The van der Waals surface area contributed by atoms with Crippen LogP contribution in [-0.4, -0.2) is 13.4 Å². The van der Waals surface area contributed by atoms with E-state index in [4.69, 9.17) is 9.47 Å². The molecule has 0 unspecified atom stereocenters. The summed E-state index contributed by atoms with van der Waals surface area (Å²) >= 11 is 0. The van der Waals surface area contributed by atoms with E-state index >= 15 is 0 Å². The van der Waals surface area contributed by atoms with Gasteiger partial charge in [0.2, 0.25) is 0 Å². The van der Waals surface area contributed by atoms with Crippen LogP contribution in [0.1, 0.15) is 15.9 Å². The summed E-state index contributed by atoms with van der Waals surface area (Å²) in [6, 6.07) is 15.0. The van der Waals surface area contributed by atoms with Gasteiger partial charge in [-0.05, 0) is 42.0 Å². The van der Waals surface area contributed by atoms with Crippen LogP contribution in [0.3, 0.4) is 0 Å². The molecule has 3 heteroatoms. The summed E-state index contributed by atoms with van der Waals surface area (Å²) in [5.74, 6) is 1.77. The minimum absolute atomic E-state index is 0.667. The van der Waals surface area contributed by atoms with Gasteiger partial charge in [-0.3, -0.25) is 4.79 Å². The Morgan fingerprint density at radius 3 is 2.50 bits per heavy atom. The SMILES string of the molecule is COc1ccc(C=O)cc1.c1cc2cc(c1)OC2. The molecule has 1 heterocycles. The van der Waals surface area contributed by atoms with E-state index in [2.05, 4.69) is 12.1 Å². The summed E-state index contributed by atoms with van der Waals surface area (Å²) in [7, 11) is 1.59. The van der Waals surface area contributed by atoms with E-state index in [0.717, 1.165) is 24.4 Å². The van der Waals surface area contributed by atoms with Crippen LogP contribution in [0.4, 0.5) is 0 Å². The molecule has 0 fully saturated rings. The first-order valence-electron chi connectivity index (χ1n) is 5.63. The van der Waals surface area contributed by atoms with E-state index < -0.39 is 0 Å². The van der Waals surface area contributed by atoms with Gasteiger partial charge in [0.05, 0.1) is 7.11 Å². The van der Waals surface area contributed by atoms with Gasteiger partial charge in [-0.1, -0.05) is 12.1 Å². The van der Waals surface area contributed by atoms with Crippen LogP contribution in [0.25, 0.3) is 0 Å². The molecule has 0 radical (unpaired) electrons. The molecular formula is C15H14O3. The van der Waals surface area contributed by atoms with Gasteiger partial charge < -0.3 is 9.47 Å². The number of methoxy groups -OCH3 is 1. The molecule has 1 aliphatic heterocycles. The van der Waals surface area contributed by atoms with E-state index in [-0.39, 0.29) is 0 Å². The third-order valence-corrected chi connectivity index (χ3v) is 2.56. The summed E-state index contributed by atoms with van der Waals surface area (Å²) in [4.78, 5) is 10.2. The van der Waals surface area contributed by atoms with Gasteiger partial charge in [-0.25, -0.2) is 0 Å². The van der Waals surface area contributed by atoms with E-state index in [1.54, 1.807) is 31.4 Å². The lowest BCUT2D eigenvalue weighted by atomic mass is 10.2. The van der Waals surface area contributed by atoms with Gasteiger partial charge in [0.1, 0.15) is 24.4 Å². The molecule has 0 saturated carbocycles. The first kappa shape index (κ1) is 12.2. The number of carbonyl (C=O) groups is 1. The lowest BCUT2D eigenvalue weighted by Gasteiger charge is -1.96. The zero-order valence-corrected chi connectivity index (χ0v) is 10.1. The Hall–Kier alpha value is -2.29. The van der Waals surface area contributed by atoms with Gasteiger partial charge in [0.25, 0.3) is 0 Å². The molecule has 0 spiro atoms. The van der Waals surface area contributed by atoms with Crippen molar-refractivity contribution in [3.05, 3.63) is 59.7 Å². The highest BCUT2D eigenvalue weighted by molar-refractivity contribution is 5.74.